The number of amides is 2. The predicted molar refractivity (Wildman–Crippen MR) is 123 cm³/mol. The van der Waals surface area contributed by atoms with E-state index in [2.05, 4.69) is 16.7 Å². The maximum Gasteiger partial charge on any atom is 0.241 e. The number of benzene rings is 1. The van der Waals surface area contributed by atoms with Gasteiger partial charge >= 0.3 is 0 Å². The number of carbonyl (C=O) groups is 2. The number of fused-ring (bicyclic) bond motifs is 2. The fraction of sp³-hybridized carbons (Fsp3) is 0.565. The molecule has 180 valence electrons. The molecular formula is C23H31N9O2. The van der Waals surface area contributed by atoms with Crippen LogP contribution in [-0.2, 0) is 9.59 Å². The van der Waals surface area contributed by atoms with Crippen molar-refractivity contribution in [3.63, 3.8) is 0 Å². The number of carbonyl (C=O) groups excluding carboxylic acids is 2. The van der Waals surface area contributed by atoms with Crippen LogP contribution >= 0.6 is 0 Å². The van der Waals surface area contributed by atoms with Gasteiger partial charge < -0.3 is 15.5 Å². The van der Waals surface area contributed by atoms with Gasteiger partial charge in [-0.2, -0.15) is 10.8 Å². The highest BCUT2D eigenvalue weighted by atomic mass is 16.2. The minimum Gasteiger partial charge on any atom is -0.330 e. The van der Waals surface area contributed by atoms with Gasteiger partial charge in [-0.3, -0.25) is 19.9 Å². The fourth-order valence-corrected chi connectivity index (χ4v) is 5.56. The van der Waals surface area contributed by atoms with Crippen LogP contribution in [0.1, 0.15) is 43.9 Å². The van der Waals surface area contributed by atoms with E-state index in [0.29, 0.717) is 38.0 Å². The first kappa shape index (κ1) is 23.8. The van der Waals surface area contributed by atoms with Crippen molar-refractivity contribution in [1.82, 2.24) is 20.1 Å². The number of rotatable bonds is 7. The summed E-state index contributed by atoms with van der Waals surface area (Å²) in [4.78, 5) is 31.7. The normalized spacial score (nSPS) is 28.0. The van der Waals surface area contributed by atoms with E-state index in [-0.39, 0.29) is 41.7 Å². The second kappa shape index (κ2) is 9.48. The molecule has 1 aromatic carbocycles. The fourth-order valence-electron chi connectivity index (χ4n) is 5.56. The third-order valence-electron chi connectivity index (χ3n) is 7.27. The molecule has 3 saturated heterocycles. The molecule has 0 aliphatic carbocycles. The average molecular weight is 466 g/mol. The Morgan fingerprint density at radius 3 is 2.65 bits per heavy atom. The lowest BCUT2D eigenvalue weighted by Crippen LogP contribution is -2.56. The summed E-state index contributed by atoms with van der Waals surface area (Å²) < 4.78 is 0. The Morgan fingerprint density at radius 1 is 1.32 bits per heavy atom. The van der Waals surface area contributed by atoms with Crippen molar-refractivity contribution in [2.24, 2.45) is 16.9 Å². The zero-order chi connectivity index (χ0) is 24.6. The second-order valence-corrected chi connectivity index (χ2v) is 9.58. The van der Waals surface area contributed by atoms with Crippen molar-refractivity contribution >= 4 is 17.6 Å². The Hall–Kier alpha value is -3.36. The molecule has 5 N–H and O–H groups in total. The van der Waals surface area contributed by atoms with Crippen LogP contribution in [0.3, 0.4) is 0 Å². The molecule has 0 spiro atoms. The van der Waals surface area contributed by atoms with Gasteiger partial charge in [-0.1, -0.05) is 36.4 Å². The predicted octanol–water partition coefficient (Wildman–Crippen LogP) is 0.982. The van der Waals surface area contributed by atoms with E-state index in [1.807, 2.05) is 35.8 Å². The van der Waals surface area contributed by atoms with Crippen LogP contribution in [-0.4, -0.2) is 76.2 Å². The quantitative estimate of drug-likeness (QED) is 0.203. The highest BCUT2D eigenvalue weighted by Crippen LogP contribution is 2.38. The third kappa shape index (κ3) is 4.26. The number of piperazine rings is 1. The zero-order valence-electron chi connectivity index (χ0n) is 19.4. The van der Waals surface area contributed by atoms with Gasteiger partial charge in [0.05, 0.1) is 24.2 Å². The van der Waals surface area contributed by atoms with E-state index in [4.69, 9.17) is 16.7 Å². The van der Waals surface area contributed by atoms with Crippen LogP contribution in [0.15, 0.2) is 29.5 Å². The van der Waals surface area contributed by atoms with Gasteiger partial charge in [-0.05, 0) is 31.2 Å². The lowest BCUT2D eigenvalue weighted by atomic mass is 10.0. The van der Waals surface area contributed by atoms with E-state index in [1.165, 1.54) is 0 Å². The Morgan fingerprint density at radius 2 is 2.03 bits per heavy atom. The molecule has 0 radical (unpaired) electrons. The van der Waals surface area contributed by atoms with Crippen LogP contribution in [0.2, 0.25) is 0 Å². The zero-order valence-corrected chi connectivity index (χ0v) is 19.4. The number of nitrogens with zero attached hydrogens (tertiary/aromatic N) is 5. The summed E-state index contributed by atoms with van der Waals surface area (Å²) in [5, 5.41) is 20.2. The van der Waals surface area contributed by atoms with Crippen LogP contribution in [0.25, 0.3) is 0 Å². The van der Waals surface area contributed by atoms with E-state index in [1.54, 1.807) is 17.0 Å². The molecule has 0 aromatic heterocycles. The molecule has 3 heterocycles. The molecule has 11 nitrogen and oxygen atoms in total. The number of likely N-dealkylation sites (tertiary alicyclic amines) is 3. The third-order valence-corrected chi connectivity index (χ3v) is 7.27. The van der Waals surface area contributed by atoms with Gasteiger partial charge in [0.1, 0.15) is 11.9 Å². The van der Waals surface area contributed by atoms with Gasteiger partial charge in [-0.15, -0.1) is 0 Å². The number of hydrogen-bond donors (Lipinski definition) is 4. The molecule has 1 aromatic rings. The first-order valence-corrected chi connectivity index (χ1v) is 11.6. The lowest BCUT2D eigenvalue weighted by Gasteiger charge is -2.38. The molecule has 3 aliphatic heterocycles. The summed E-state index contributed by atoms with van der Waals surface area (Å²) in [5.41, 5.74) is 16.9. The van der Waals surface area contributed by atoms with Gasteiger partial charge in [0.2, 0.25) is 11.8 Å². The summed E-state index contributed by atoms with van der Waals surface area (Å²) in [5.74, 6) is 0.148. The Bertz CT molecular complexity index is 1020. The molecule has 4 unspecified atom stereocenters. The molecule has 3 fully saturated rings. The van der Waals surface area contributed by atoms with Gasteiger partial charge in [0.25, 0.3) is 0 Å². The summed E-state index contributed by atoms with van der Waals surface area (Å²) >= 11 is 0. The standard InChI is InChI=1S/C23H31N9O2/c1-13-7-17(9-24)31(10-13)22(33)19(25)12-30-11-18-8-20(30)23(34)32(18)14(2)15-3-5-16(6-4-15)21(26)28-29-27/h3-6,13-14,17-20H,7-8,10-12,25H2,1-2H3,(H3,26,27,28)/t13?,14-,17?,18-,19?,20?/m0/s1. The maximum absolute atomic E-state index is 13.2. The lowest BCUT2D eigenvalue weighted by molar-refractivity contribution is -0.141. The van der Waals surface area contributed by atoms with Crippen LogP contribution < -0.4 is 11.2 Å². The molecule has 3 aliphatic rings. The number of amidine groups is 1. The maximum atomic E-state index is 13.2. The van der Waals surface area contributed by atoms with Gasteiger partial charge in [-0.25, -0.2) is 5.43 Å². The molecule has 4 rings (SSSR count). The molecule has 2 bridgehead atoms. The van der Waals surface area contributed by atoms with Crippen LogP contribution in [0.5, 0.6) is 0 Å². The molecule has 34 heavy (non-hydrogen) atoms. The molecule has 2 amide bonds. The molecular weight excluding hydrogens is 434 g/mol. The van der Waals surface area contributed by atoms with Crippen molar-refractivity contribution in [3.05, 3.63) is 35.4 Å². The van der Waals surface area contributed by atoms with Crippen molar-refractivity contribution in [2.45, 2.75) is 56.9 Å². The van der Waals surface area contributed by atoms with Crippen LogP contribution in [0, 0.1) is 28.2 Å². The summed E-state index contributed by atoms with van der Waals surface area (Å²) in [6.45, 7) is 5.54. The molecule has 0 saturated carbocycles. The SMILES string of the molecule is CC1CC(C#N)N(C(=O)C(N)CN2C[C@@H]3CC2C(=O)N3[C@@H](C)c2ccc(C(=N)NN=N)cc2)C1. The van der Waals surface area contributed by atoms with Gasteiger partial charge in [0.15, 0.2) is 0 Å². The number of nitrogens with two attached hydrogens (primary N) is 1. The van der Waals surface area contributed by atoms with E-state index in [9.17, 15) is 14.9 Å². The Kier molecular flexibility index (Phi) is 6.63. The summed E-state index contributed by atoms with van der Waals surface area (Å²) in [7, 11) is 0. The van der Waals surface area contributed by atoms with Crippen LogP contribution in [0.4, 0.5) is 0 Å². The minimum absolute atomic E-state index is 0.0384. The number of nitriles is 1. The van der Waals surface area contributed by atoms with Crippen molar-refractivity contribution in [3.8, 4) is 6.07 Å². The van der Waals surface area contributed by atoms with E-state index in [0.717, 1.165) is 5.56 Å². The largest absolute Gasteiger partial charge is 0.330 e. The summed E-state index contributed by atoms with van der Waals surface area (Å²) in [6, 6.07) is 7.98. The van der Waals surface area contributed by atoms with Crippen molar-refractivity contribution < 1.29 is 9.59 Å². The topological polar surface area (TPSA) is 166 Å². The van der Waals surface area contributed by atoms with E-state index >= 15 is 0 Å². The molecule has 6 atom stereocenters. The highest BCUT2D eigenvalue weighted by Gasteiger charge is 2.51. The second-order valence-electron chi connectivity index (χ2n) is 9.58. The highest BCUT2D eigenvalue weighted by molar-refractivity contribution is 5.96. The number of nitrogens with one attached hydrogen (secondary N) is 3. The number of hydrogen-bond acceptors (Lipinski definition) is 8. The minimum atomic E-state index is -0.758. The first-order chi connectivity index (χ1) is 16.2. The average Bonchev–Trinajstić information content (AvgIpc) is 3.50. The van der Waals surface area contributed by atoms with Gasteiger partial charge in [0, 0.05) is 31.2 Å². The first-order valence-electron chi connectivity index (χ1n) is 11.6. The Balaban J connectivity index is 1.37. The monoisotopic (exact) mass is 465 g/mol. The molecule has 11 heteroatoms. The van der Waals surface area contributed by atoms with E-state index < -0.39 is 12.1 Å². The van der Waals surface area contributed by atoms with Crippen molar-refractivity contribution in [2.75, 3.05) is 19.6 Å². The summed E-state index contributed by atoms with van der Waals surface area (Å²) in [6.07, 6.45) is 1.39. The van der Waals surface area contributed by atoms with Crippen molar-refractivity contribution in [1.29, 1.82) is 16.2 Å². The Labute approximate surface area is 198 Å². The smallest absolute Gasteiger partial charge is 0.241 e.